The molecule has 0 saturated carbocycles. The van der Waals surface area contributed by atoms with Gasteiger partial charge < -0.3 is 15.7 Å². The van der Waals surface area contributed by atoms with E-state index in [1.807, 2.05) is 30.3 Å². The summed E-state index contributed by atoms with van der Waals surface area (Å²) in [5.74, 6) is -1.30. The van der Waals surface area contributed by atoms with Gasteiger partial charge in [0.2, 0.25) is 11.8 Å². The van der Waals surface area contributed by atoms with Crippen molar-refractivity contribution in [1.82, 2.24) is 10.6 Å². The highest BCUT2D eigenvalue weighted by Gasteiger charge is 2.34. The van der Waals surface area contributed by atoms with Crippen LogP contribution in [0.15, 0.2) is 30.3 Å². The van der Waals surface area contributed by atoms with Gasteiger partial charge in [-0.25, -0.2) is 0 Å². The largest absolute Gasteiger partial charge is 0.481 e. The van der Waals surface area contributed by atoms with E-state index < -0.39 is 11.4 Å². The van der Waals surface area contributed by atoms with Crippen LogP contribution in [0.4, 0.5) is 0 Å². The van der Waals surface area contributed by atoms with E-state index in [4.69, 9.17) is 0 Å². The highest BCUT2D eigenvalue weighted by molar-refractivity contribution is 5.81. The Labute approximate surface area is 142 Å². The number of carboxylic acid groups (broad SMARTS) is 1. The third kappa shape index (κ3) is 6.02. The van der Waals surface area contributed by atoms with Crippen LogP contribution < -0.4 is 10.6 Å². The van der Waals surface area contributed by atoms with Crippen LogP contribution in [0.3, 0.4) is 0 Å². The fourth-order valence-electron chi connectivity index (χ4n) is 2.39. The topological polar surface area (TPSA) is 95.5 Å². The van der Waals surface area contributed by atoms with Crippen molar-refractivity contribution in [3.05, 3.63) is 35.9 Å². The number of rotatable bonds is 10. The van der Waals surface area contributed by atoms with E-state index in [2.05, 4.69) is 10.6 Å². The van der Waals surface area contributed by atoms with E-state index in [0.717, 1.165) is 5.56 Å². The predicted octanol–water partition coefficient (Wildman–Crippen LogP) is 1.74. The van der Waals surface area contributed by atoms with Crippen LogP contribution in [0.25, 0.3) is 0 Å². The zero-order valence-electron chi connectivity index (χ0n) is 14.3. The summed E-state index contributed by atoms with van der Waals surface area (Å²) in [4.78, 5) is 35.0. The number of benzene rings is 1. The van der Waals surface area contributed by atoms with Crippen molar-refractivity contribution in [1.29, 1.82) is 0 Å². The highest BCUT2D eigenvalue weighted by Crippen LogP contribution is 2.25. The maximum absolute atomic E-state index is 11.8. The Morgan fingerprint density at radius 3 is 2.17 bits per heavy atom. The Morgan fingerprint density at radius 1 is 1.00 bits per heavy atom. The SMILES string of the molecule is CCC(CC)(CNC(=O)CCNC(=O)Cc1ccccc1)C(=O)O. The minimum atomic E-state index is -0.924. The standard InChI is InChI=1S/C18H26N2O4/c1-3-18(4-2,17(23)24)13-20-15(21)10-11-19-16(22)12-14-8-6-5-7-9-14/h5-9H,3-4,10-13H2,1-2H3,(H,19,22)(H,20,21)(H,23,24). The second-order valence-electron chi connectivity index (χ2n) is 5.83. The first kappa shape index (κ1) is 19.7. The highest BCUT2D eigenvalue weighted by atomic mass is 16.4. The van der Waals surface area contributed by atoms with Crippen LogP contribution in [-0.2, 0) is 20.8 Å². The predicted molar refractivity (Wildman–Crippen MR) is 91.4 cm³/mol. The van der Waals surface area contributed by atoms with E-state index in [1.54, 1.807) is 13.8 Å². The van der Waals surface area contributed by atoms with Crippen molar-refractivity contribution in [3.8, 4) is 0 Å². The van der Waals surface area contributed by atoms with Gasteiger partial charge >= 0.3 is 5.97 Å². The molecule has 0 aliphatic carbocycles. The molecule has 0 bridgehead atoms. The van der Waals surface area contributed by atoms with Crippen molar-refractivity contribution in [2.24, 2.45) is 5.41 Å². The van der Waals surface area contributed by atoms with Gasteiger partial charge in [-0.15, -0.1) is 0 Å². The van der Waals surface area contributed by atoms with Gasteiger partial charge in [-0.3, -0.25) is 14.4 Å². The fourth-order valence-corrected chi connectivity index (χ4v) is 2.39. The molecule has 1 aromatic carbocycles. The van der Waals surface area contributed by atoms with E-state index in [9.17, 15) is 19.5 Å². The Hall–Kier alpha value is -2.37. The first-order valence-electron chi connectivity index (χ1n) is 8.24. The molecule has 0 atom stereocenters. The summed E-state index contributed by atoms with van der Waals surface area (Å²) in [7, 11) is 0. The van der Waals surface area contributed by atoms with Gasteiger partial charge in [-0.1, -0.05) is 44.2 Å². The summed E-state index contributed by atoms with van der Waals surface area (Å²) in [6.45, 7) is 3.93. The molecule has 0 heterocycles. The molecule has 3 N–H and O–H groups in total. The molecule has 0 saturated heterocycles. The molecule has 0 aliphatic rings. The molecule has 6 heteroatoms. The Balaban J connectivity index is 2.31. The van der Waals surface area contributed by atoms with Crippen LogP contribution in [-0.4, -0.2) is 36.0 Å². The third-order valence-electron chi connectivity index (χ3n) is 4.31. The quantitative estimate of drug-likeness (QED) is 0.607. The lowest BCUT2D eigenvalue weighted by Gasteiger charge is -2.26. The number of carbonyl (C=O) groups excluding carboxylic acids is 2. The molecule has 6 nitrogen and oxygen atoms in total. The normalized spacial score (nSPS) is 10.9. The van der Waals surface area contributed by atoms with Crippen LogP contribution in [0, 0.1) is 5.41 Å². The van der Waals surface area contributed by atoms with E-state index in [-0.39, 0.29) is 37.7 Å². The molecule has 132 valence electrons. The van der Waals surface area contributed by atoms with Gasteiger partial charge in [0, 0.05) is 19.5 Å². The molecule has 0 aromatic heterocycles. The average molecular weight is 334 g/mol. The average Bonchev–Trinajstić information content (AvgIpc) is 2.57. The van der Waals surface area contributed by atoms with Gasteiger partial charge in [0.25, 0.3) is 0 Å². The molecular formula is C18H26N2O4. The lowest BCUT2D eigenvalue weighted by Crippen LogP contribution is -2.43. The minimum Gasteiger partial charge on any atom is -0.481 e. The number of carboxylic acids is 1. The summed E-state index contributed by atoms with van der Waals surface area (Å²) in [6, 6.07) is 9.36. The molecule has 1 rings (SSSR count). The van der Waals surface area contributed by atoms with Crippen molar-refractivity contribution in [2.45, 2.75) is 39.5 Å². The lowest BCUT2D eigenvalue weighted by atomic mass is 9.82. The third-order valence-corrected chi connectivity index (χ3v) is 4.31. The van der Waals surface area contributed by atoms with Crippen LogP contribution in [0.1, 0.15) is 38.7 Å². The van der Waals surface area contributed by atoms with Gasteiger partial charge in [0.15, 0.2) is 0 Å². The number of carbonyl (C=O) groups is 3. The van der Waals surface area contributed by atoms with E-state index >= 15 is 0 Å². The second-order valence-corrected chi connectivity index (χ2v) is 5.83. The molecule has 0 spiro atoms. The smallest absolute Gasteiger partial charge is 0.311 e. The maximum atomic E-state index is 11.8. The molecule has 2 amide bonds. The van der Waals surface area contributed by atoms with Crippen LogP contribution in [0.5, 0.6) is 0 Å². The zero-order chi connectivity index (χ0) is 18.0. The van der Waals surface area contributed by atoms with Crippen molar-refractivity contribution < 1.29 is 19.5 Å². The molecule has 0 fully saturated rings. The minimum absolute atomic E-state index is 0.103. The summed E-state index contributed by atoms with van der Waals surface area (Å²) < 4.78 is 0. The zero-order valence-corrected chi connectivity index (χ0v) is 14.3. The van der Waals surface area contributed by atoms with Gasteiger partial charge in [-0.2, -0.15) is 0 Å². The van der Waals surface area contributed by atoms with Crippen molar-refractivity contribution >= 4 is 17.8 Å². The lowest BCUT2D eigenvalue weighted by molar-refractivity contribution is -0.149. The summed E-state index contributed by atoms with van der Waals surface area (Å²) >= 11 is 0. The Bertz CT molecular complexity index is 553. The molecular weight excluding hydrogens is 308 g/mol. The molecule has 24 heavy (non-hydrogen) atoms. The molecule has 0 unspecified atom stereocenters. The first-order valence-corrected chi connectivity index (χ1v) is 8.24. The van der Waals surface area contributed by atoms with Crippen LogP contribution >= 0.6 is 0 Å². The second kappa shape index (κ2) is 9.70. The fraction of sp³-hybridized carbons (Fsp3) is 0.500. The summed E-state index contributed by atoms with van der Waals surface area (Å²) in [5.41, 5.74) is -0.0109. The summed E-state index contributed by atoms with van der Waals surface area (Å²) in [6.07, 6.45) is 1.31. The molecule has 0 radical (unpaired) electrons. The maximum Gasteiger partial charge on any atom is 0.311 e. The Morgan fingerprint density at radius 2 is 1.62 bits per heavy atom. The molecule has 1 aromatic rings. The summed E-state index contributed by atoms with van der Waals surface area (Å²) in [5, 5.41) is 14.7. The van der Waals surface area contributed by atoms with Gasteiger partial charge in [-0.05, 0) is 18.4 Å². The van der Waals surface area contributed by atoms with Crippen molar-refractivity contribution in [3.63, 3.8) is 0 Å². The van der Waals surface area contributed by atoms with Gasteiger partial charge in [0.1, 0.15) is 0 Å². The van der Waals surface area contributed by atoms with E-state index in [1.165, 1.54) is 0 Å². The monoisotopic (exact) mass is 334 g/mol. The number of hydrogen-bond acceptors (Lipinski definition) is 3. The Kier molecular flexibility index (Phi) is 7.95. The number of amides is 2. The number of aliphatic carboxylic acids is 1. The van der Waals surface area contributed by atoms with E-state index in [0.29, 0.717) is 12.8 Å². The first-order chi connectivity index (χ1) is 11.4. The number of nitrogens with one attached hydrogen (secondary N) is 2. The van der Waals surface area contributed by atoms with Crippen molar-refractivity contribution in [2.75, 3.05) is 13.1 Å². The van der Waals surface area contributed by atoms with Gasteiger partial charge in [0.05, 0.1) is 11.8 Å². The number of hydrogen-bond donors (Lipinski definition) is 3. The molecule has 0 aliphatic heterocycles. The van der Waals surface area contributed by atoms with Crippen LogP contribution in [0.2, 0.25) is 0 Å².